The van der Waals surface area contributed by atoms with Crippen LogP contribution in [0.2, 0.25) is 0 Å². The lowest BCUT2D eigenvalue weighted by atomic mass is 10.1. The summed E-state index contributed by atoms with van der Waals surface area (Å²) in [6.07, 6.45) is 2.77. The molecule has 0 fully saturated rings. The molecule has 0 aliphatic rings. The second kappa shape index (κ2) is 7.89. The molecule has 2 aromatic carbocycles. The summed E-state index contributed by atoms with van der Waals surface area (Å²) < 4.78 is 18.0. The van der Waals surface area contributed by atoms with Gasteiger partial charge in [-0.15, -0.1) is 0 Å². The zero-order valence-corrected chi connectivity index (χ0v) is 12.6. The molecule has 1 amide bonds. The van der Waals surface area contributed by atoms with Gasteiger partial charge in [-0.1, -0.05) is 24.3 Å². The first-order valence-corrected chi connectivity index (χ1v) is 7.11. The van der Waals surface area contributed by atoms with E-state index in [0.717, 1.165) is 0 Å². The van der Waals surface area contributed by atoms with Gasteiger partial charge in [-0.05, 0) is 42.8 Å². The molecule has 1 N–H and O–H groups in total. The Morgan fingerprint density at radius 2 is 1.96 bits per heavy atom. The highest BCUT2D eigenvalue weighted by molar-refractivity contribution is 6.06. The number of nitrogens with one attached hydrogen (secondary N) is 1. The maximum absolute atomic E-state index is 13.1. The van der Waals surface area contributed by atoms with Crippen LogP contribution in [0.25, 0.3) is 6.08 Å². The van der Waals surface area contributed by atoms with Crippen LogP contribution in [0.4, 0.5) is 10.1 Å². The number of para-hydroxylation sites is 1. The van der Waals surface area contributed by atoms with E-state index in [1.165, 1.54) is 24.3 Å². The Morgan fingerprint density at radius 3 is 2.70 bits per heavy atom. The van der Waals surface area contributed by atoms with Gasteiger partial charge in [0.15, 0.2) is 0 Å². The molecule has 5 heteroatoms. The highest BCUT2D eigenvalue weighted by Gasteiger charge is 2.12. The fourth-order valence-corrected chi connectivity index (χ4v) is 1.94. The van der Waals surface area contributed by atoms with E-state index < -0.39 is 11.9 Å². The molecular formula is C18H16FNO3. The second-order valence-corrected chi connectivity index (χ2v) is 4.64. The zero-order valence-electron chi connectivity index (χ0n) is 12.6. The number of amides is 1. The fourth-order valence-electron chi connectivity index (χ4n) is 1.94. The summed E-state index contributed by atoms with van der Waals surface area (Å²) in [5.74, 6) is -1.30. The van der Waals surface area contributed by atoms with Gasteiger partial charge >= 0.3 is 5.97 Å². The monoisotopic (exact) mass is 313 g/mol. The van der Waals surface area contributed by atoms with E-state index in [1.54, 1.807) is 43.3 Å². The number of ether oxygens (including phenoxy) is 1. The number of benzene rings is 2. The summed E-state index contributed by atoms with van der Waals surface area (Å²) >= 11 is 0. The van der Waals surface area contributed by atoms with Crippen LogP contribution in [0.3, 0.4) is 0 Å². The Bertz CT molecular complexity index is 741. The predicted octanol–water partition coefficient (Wildman–Crippen LogP) is 3.65. The molecule has 0 aromatic heterocycles. The third kappa shape index (κ3) is 4.78. The number of halogens is 1. The highest BCUT2D eigenvalue weighted by atomic mass is 19.1. The zero-order chi connectivity index (χ0) is 16.7. The molecule has 0 bridgehead atoms. The maximum atomic E-state index is 13.1. The van der Waals surface area contributed by atoms with Gasteiger partial charge in [0, 0.05) is 6.08 Å². The fraction of sp³-hybridized carbons (Fsp3) is 0.111. The number of hydrogen-bond donors (Lipinski definition) is 1. The molecule has 0 unspecified atom stereocenters. The van der Waals surface area contributed by atoms with E-state index in [-0.39, 0.29) is 18.0 Å². The van der Waals surface area contributed by atoms with Crippen LogP contribution >= 0.6 is 0 Å². The van der Waals surface area contributed by atoms with Gasteiger partial charge in [0.2, 0.25) is 5.91 Å². The summed E-state index contributed by atoms with van der Waals surface area (Å²) in [5, 5.41) is 2.61. The largest absolute Gasteiger partial charge is 0.462 e. The van der Waals surface area contributed by atoms with Gasteiger partial charge in [-0.2, -0.15) is 0 Å². The Morgan fingerprint density at radius 1 is 1.17 bits per heavy atom. The van der Waals surface area contributed by atoms with E-state index in [2.05, 4.69) is 5.32 Å². The van der Waals surface area contributed by atoms with Crippen LogP contribution in [0.5, 0.6) is 0 Å². The molecule has 0 aliphatic carbocycles. The lowest BCUT2D eigenvalue weighted by Crippen LogP contribution is -2.13. The number of esters is 1. The van der Waals surface area contributed by atoms with Crippen molar-refractivity contribution in [2.75, 3.05) is 11.9 Å². The maximum Gasteiger partial charge on any atom is 0.340 e. The van der Waals surface area contributed by atoms with Crippen molar-refractivity contribution in [3.8, 4) is 0 Å². The minimum Gasteiger partial charge on any atom is -0.462 e. The molecule has 0 heterocycles. The number of anilines is 1. The van der Waals surface area contributed by atoms with Gasteiger partial charge in [0.05, 0.1) is 17.9 Å². The van der Waals surface area contributed by atoms with Crippen molar-refractivity contribution in [3.05, 3.63) is 71.6 Å². The van der Waals surface area contributed by atoms with Gasteiger partial charge in [0.25, 0.3) is 0 Å². The van der Waals surface area contributed by atoms with Gasteiger partial charge < -0.3 is 10.1 Å². The van der Waals surface area contributed by atoms with Crippen molar-refractivity contribution in [1.82, 2.24) is 0 Å². The van der Waals surface area contributed by atoms with Crippen LogP contribution < -0.4 is 5.32 Å². The van der Waals surface area contributed by atoms with Crippen LogP contribution in [0.15, 0.2) is 54.6 Å². The Balaban J connectivity index is 2.10. The highest BCUT2D eigenvalue weighted by Crippen LogP contribution is 2.16. The van der Waals surface area contributed by atoms with Gasteiger partial charge in [-0.3, -0.25) is 4.79 Å². The summed E-state index contributed by atoms with van der Waals surface area (Å²) in [7, 11) is 0. The van der Waals surface area contributed by atoms with Gasteiger partial charge in [0.1, 0.15) is 5.82 Å². The third-order valence-electron chi connectivity index (χ3n) is 2.96. The van der Waals surface area contributed by atoms with Crippen molar-refractivity contribution >= 4 is 23.6 Å². The minimum absolute atomic E-state index is 0.251. The molecule has 2 aromatic rings. The van der Waals surface area contributed by atoms with Gasteiger partial charge in [-0.25, -0.2) is 9.18 Å². The lowest BCUT2D eigenvalue weighted by Gasteiger charge is -2.08. The topological polar surface area (TPSA) is 55.4 Å². The van der Waals surface area contributed by atoms with Crippen LogP contribution in [-0.4, -0.2) is 18.5 Å². The summed E-state index contributed by atoms with van der Waals surface area (Å²) in [6, 6.07) is 12.5. The van der Waals surface area contributed by atoms with E-state index in [4.69, 9.17) is 4.74 Å². The smallest absolute Gasteiger partial charge is 0.340 e. The number of rotatable bonds is 5. The molecule has 23 heavy (non-hydrogen) atoms. The SMILES string of the molecule is CCOC(=O)c1ccccc1NC(=O)/C=C/c1cccc(F)c1. The summed E-state index contributed by atoms with van der Waals surface area (Å²) in [6.45, 7) is 1.96. The average Bonchev–Trinajstić information content (AvgIpc) is 2.54. The second-order valence-electron chi connectivity index (χ2n) is 4.64. The minimum atomic E-state index is -0.502. The quantitative estimate of drug-likeness (QED) is 0.677. The summed E-state index contributed by atoms with van der Waals surface area (Å²) in [5.41, 5.74) is 1.21. The van der Waals surface area contributed by atoms with Crippen molar-refractivity contribution in [2.24, 2.45) is 0 Å². The Hall–Kier alpha value is -2.95. The first-order chi connectivity index (χ1) is 11.1. The molecule has 0 radical (unpaired) electrons. The first kappa shape index (κ1) is 16.4. The van der Waals surface area contributed by atoms with Crippen molar-refractivity contribution in [1.29, 1.82) is 0 Å². The Labute approximate surface area is 133 Å². The lowest BCUT2D eigenvalue weighted by molar-refractivity contribution is -0.111. The number of hydrogen-bond acceptors (Lipinski definition) is 3. The van der Waals surface area contributed by atoms with E-state index in [9.17, 15) is 14.0 Å². The van der Waals surface area contributed by atoms with Crippen molar-refractivity contribution < 1.29 is 18.7 Å². The van der Waals surface area contributed by atoms with E-state index in [0.29, 0.717) is 11.3 Å². The van der Waals surface area contributed by atoms with Crippen LogP contribution in [-0.2, 0) is 9.53 Å². The molecule has 0 saturated carbocycles. The van der Waals surface area contributed by atoms with E-state index in [1.807, 2.05) is 0 Å². The normalized spacial score (nSPS) is 10.5. The molecular weight excluding hydrogens is 297 g/mol. The molecule has 118 valence electrons. The molecule has 4 nitrogen and oxygen atoms in total. The number of carbonyl (C=O) groups excluding carboxylic acids is 2. The van der Waals surface area contributed by atoms with Crippen LogP contribution in [0.1, 0.15) is 22.8 Å². The molecule has 0 spiro atoms. The predicted molar refractivity (Wildman–Crippen MR) is 86.5 cm³/mol. The summed E-state index contributed by atoms with van der Waals surface area (Å²) in [4.78, 5) is 23.8. The third-order valence-corrected chi connectivity index (χ3v) is 2.96. The standard InChI is InChI=1S/C18H16FNO3/c1-2-23-18(22)15-8-3-4-9-16(15)20-17(21)11-10-13-6-5-7-14(19)12-13/h3-12H,2H2,1H3,(H,20,21)/b11-10+. The molecule has 0 aliphatic heterocycles. The molecule has 0 saturated heterocycles. The Kier molecular flexibility index (Phi) is 5.63. The first-order valence-electron chi connectivity index (χ1n) is 7.11. The molecule has 2 rings (SSSR count). The molecule has 0 atom stereocenters. The number of carbonyl (C=O) groups is 2. The van der Waals surface area contributed by atoms with Crippen molar-refractivity contribution in [3.63, 3.8) is 0 Å². The van der Waals surface area contributed by atoms with Crippen LogP contribution in [0, 0.1) is 5.82 Å². The average molecular weight is 313 g/mol. The van der Waals surface area contributed by atoms with Crippen molar-refractivity contribution in [2.45, 2.75) is 6.92 Å². The van der Waals surface area contributed by atoms with E-state index >= 15 is 0 Å².